The molecule has 5 nitrogen and oxygen atoms in total. The number of hydrogen-bond donors (Lipinski definition) is 2. The highest BCUT2D eigenvalue weighted by Crippen LogP contribution is 2.27. The van der Waals surface area contributed by atoms with Crippen molar-refractivity contribution in [2.75, 3.05) is 12.3 Å². The molecule has 1 aliphatic carbocycles. The Labute approximate surface area is 108 Å². The minimum atomic E-state index is 0.0109. The van der Waals surface area contributed by atoms with Gasteiger partial charge in [-0.25, -0.2) is 0 Å². The van der Waals surface area contributed by atoms with E-state index in [9.17, 15) is 4.79 Å². The van der Waals surface area contributed by atoms with Crippen molar-refractivity contribution in [1.82, 2.24) is 15.1 Å². The van der Waals surface area contributed by atoms with E-state index < -0.39 is 0 Å². The van der Waals surface area contributed by atoms with E-state index in [1.165, 1.54) is 25.7 Å². The molecule has 2 rings (SSSR count). The first kappa shape index (κ1) is 12.9. The molecule has 3 N–H and O–H groups in total. The fourth-order valence-corrected chi connectivity index (χ4v) is 2.46. The highest BCUT2D eigenvalue weighted by atomic mass is 16.2. The Morgan fingerprint density at radius 1 is 1.50 bits per heavy atom. The zero-order chi connectivity index (χ0) is 13.0. The number of carbonyl (C=O) groups excluding carboxylic acids is 1. The van der Waals surface area contributed by atoms with Gasteiger partial charge in [0.2, 0.25) is 5.91 Å². The van der Waals surface area contributed by atoms with E-state index in [1.807, 2.05) is 0 Å². The molecule has 1 aromatic rings. The van der Waals surface area contributed by atoms with Gasteiger partial charge in [-0.05, 0) is 30.7 Å². The molecule has 100 valence electrons. The Hall–Kier alpha value is -1.52. The second-order valence-corrected chi connectivity index (χ2v) is 5.37. The van der Waals surface area contributed by atoms with Crippen molar-refractivity contribution in [3.8, 4) is 0 Å². The lowest BCUT2D eigenvalue weighted by atomic mass is 9.83. The van der Waals surface area contributed by atoms with Crippen LogP contribution >= 0.6 is 0 Å². The molecule has 0 aromatic carbocycles. The average molecular weight is 250 g/mol. The van der Waals surface area contributed by atoms with Gasteiger partial charge in [0, 0.05) is 12.7 Å². The molecule has 0 radical (unpaired) electrons. The van der Waals surface area contributed by atoms with Gasteiger partial charge >= 0.3 is 0 Å². The number of nitrogens with one attached hydrogen (secondary N) is 1. The molecule has 0 aliphatic heterocycles. The summed E-state index contributed by atoms with van der Waals surface area (Å²) in [5.41, 5.74) is 5.49. The topological polar surface area (TPSA) is 72.9 Å². The van der Waals surface area contributed by atoms with Crippen LogP contribution in [-0.4, -0.2) is 22.2 Å². The molecule has 1 aromatic heterocycles. The van der Waals surface area contributed by atoms with E-state index in [4.69, 9.17) is 5.73 Å². The lowest BCUT2D eigenvalue weighted by Gasteiger charge is -2.26. The van der Waals surface area contributed by atoms with Crippen molar-refractivity contribution in [2.45, 2.75) is 39.2 Å². The van der Waals surface area contributed by atoms with Gasteiger partial charge in [0.15, 0.2) is 0 Å². The summed E-state index contributed by atoms with van der Waals surface area (Å²) in [6.45, 7) is 3.35. The van der Waals surface area contributed by atoms with Crippen LogP contribution in [-0.2, 0) is 11.3 Å². The molecule has 0 saturated heterocycles. The summed E-state index contributed by atoms with van der Waals surface area (Å²) in [6, 6.07) is 1.69. The van der Waals surface area contributed by atoms with Crippen LogP contribution in [0.3, 0.4) is 0 Å². The first-order chi connectivity index (χ1) is 8.63. The van der Waals surface area contributed by atoms with Crippen molar-refractivity contribution in [3.63, 3.8) is 0 Å². The van der Waals surface area contributed by atoms with Gasteiger partial charge in [0.05, 0.1) is 0 Å². The van der Waals surface area contributed by atoms with E-state index in [-0.39, 0.29) is 12.5 Å². The summed E-state index contributed by atoms with van der Waals surface area (Å²) in [7, 11) is 0. The normalized spacial score (nSPS) is 23.8. The summed E-state index contributed by atoms with van der Waals surface area (Å²) < 4.78 is 1.56. The second kappa shape index (κ2) is 5.89. The highest BCUT2D eigenvalue weighted by Gasteiger charge is 2.18. The molecule has 18 heavy (non-hydrogen) atoms. The Bertz CT molecular complexity index is 393. The molecule has 1 saturated carbocycles. The maximum atomic E-state index is 11.7. The fourth-order valence-electron chi connectivity index (χ4n) is 2.46. The average Bonchev–Trinajstić information content (AvgIpc) is 2.74. The third-order valence-electron chi connectivity index (χ3n) is 3.69. The molecule has 1 fully saturated rings. The maximum absolute atomic E-state index is 11.7. The summed E-state index contributed by atoms with van der Waals surface area (Å²) >= 11 is 0. The molecule has 0 bridgehead atoms. The number of carbonyl (C=O) groups is 1. The third kappa shape index (κ3) is 3.75. The van der Waals surface area contributed by atoms with Crippen LogP contribution in [0.5, 0.6) is 0 Å². The third-order valence-corrected chi connectivity index (χ3v) is 3.69. The zero-order valence-corrected chi connectivity index (χ0v) is 10.9. The molecule has 0 spiro atoms. The first-order valence-electron chi connectivity index (χ1n) is 6.69. The number of anilines is 1. The molecule has 0 unspecified atom stereocenters. The first-order valence-corrected chi connectivity index (χ1v) is 6.69. The standard InChI is InChI=1S/C13H22N4O/c1-10-2-4-11(5-3-10)8-15-13(18)9-17-7-6-12(14)16-17/h6-7,10-11H,2-5,8-9H2,1H3,(H2,14,16)(H,15,18). The molecule has 1 aliphatic rings. The predicted octanol–water partition coefficient (Wildman–Crippen LogP) is 1.41. The van der Waals surface area contributed by atoms with E-state index in [0.717, 1.165) is 12.5 Å². The van der Waals surface area contributed by atoms with Crippen LogP contribution < -0.4 is 11.1 Å². The summed E-state index contributed by atoms with van der Waals surface area (Å²) in [4.78, 5) is 11.7. The van der Waals surface area contributed by atoms with Crippen molar-refractivity contribution in [2.24, 2.45) is 11.8 Å². The monoisotopic (exact) mass is 250 g/mol. The molecular formula is C13H22N4O. The van der Waals surface area contributed by atoms with E-state index in [0.29, 0.717) is 11.7 Å². The van der Waals surface area contributed by atoms with Crippen LogP contribution in [0.1, 0.15) is 32.6 Å². The summed E-state index contributed by atoms with van der Waals surface area (Å²) in [5, 5.41) is 6.97. The van der Waals surface area contributed by atoms with E-state index >= 15 is 0 Å². The van der Waals surface area contributed by atoms with Crippen LogP contribution in [0.15, 0.2) is 12.3 Å². The molecular weight excluding hydrogens is 228 g/mol. The van der Waals surface area contributed by atoms with E-state index in [1.54, 1.807) is 16.9 Å². The zero-order valence-electron chi connectivity index (χ0n) is 10.9. The Morgan fingerprint density at radius 2 is 2.22 bits per heavy atom. The number of nitrogens with zero attached hydrogens (tertiary/aromatic N) is 2. The maximum Gasteiger partial charge on any atom is 0.241 e. The predicted molar refractivity (Wildman–Crippen MR) is 70.8 cm³/mol. The van der Waals surface area contributed by atoms with Crippen molar-refractivity contribution in [3.05, 3.63) is 12.3 Å². The highest BCUT2D eigenvalue weighted by molar-refractivity contribution is 5.75. The van der Waals surface area contributed by atoms with E-state index in [2.05, 4.69) is 17.3 Å². The van der Waals surface area contributed by atoms with Gasteiger partial charge in [-0.2, -0.15) is 5.10 Å². The van der Waals surface area contributed by atoms with Gasteiger partial charge in [-0.15, -0.1) is 0 Å². The number of nitrogens with two attached hydrogens (primary N) is 1. The number of rotatable bonds is 4. The van der Waals surface area contributed by atoms with Gasteiger partial charge in [-0.3, -0.25) is 9.48 Å². The molecule has 1 amide bonds. The Kier molecular flexibility index (Phi) is 4.23. The lowest BCUT2D eigenvalue weighted by molar-refractivity contribution is -0.122. The largest absolute Gasteiger partial charge is 0.382 e. The lowest BCUT2D eigenvalue weighted by Crippen LogP contribution is -2.33. The van der Waals surface area contributed by atoms with Gasteiger partial charge in [-0.1, -0.05) is 19.8 Å². The Morgan fingerprint density at radius 3 is 2.83 bits per heavy atom. The number of hydrogen-bond acceptors (Lipinski definition) is 3. The number of aromatic nitrogens is 2. The van der Waals surface area contributed by atoms with Crippen LogP contribution in [0, 0.1) is 11.8 Å². The number of amides is 1. The van der Waals surface area contributed by atoms with Crippen molar-refractivity contribution < 1.29 is 4.79 Å². The van der Waals surface area contributed by atoms with Crippen LogP contribution in [0.25, 0.3) is 0 Å². The van der Waals surface area contributed by atoms with Gasteiger partial charge in [0.1, 0.15) is 12.4 Å². The second-order valence-electron chi connectivity index (χ2n) is 5.37. The van der Waals surface area contributed by atoms with Gasteiger partial charge < -0.3 is 11.1 Å². The van der Waals surface area contributed by atoms with Crippen LogP contribution in [0.4, 0.5) is 5.82 Å². The van der Waals surface area contributed by atoms with Gasteiger partial charge in [0.25, 0.3) is 0 Å². The smallest absolute Gasteiger partial charge is 0.241 e. The van der Waals surface area contributed by atoms with Crippen molar-refractivity contribution in [1.29, 1.82) is 0 Å². The molecule has 0 atom stereocenters. The summed E-state index contributed by atoms with van der Waals surface area (Å²) in [6.07, 6.45) is 6.76. The minimum Gasteiger partial charge on any atom is -0.382 e. The molecule has 5 heteroatoms. The molecule has 1 heterocycles. The quantitative estimate of drug-likeness (QED) is 0.848. The Balaban J connectivity index is 1.68. The SMILES string of the molecule is CC1CCC(CNC(=O)Cn2ccc(N)n2)CC1. The minimum absolute atomic E-state index is 0.0109. The summed E-state index contributed by atoms with van der Waals surface area (Å²) in [5.74, 6) is 1.96. The number of nitrogen functional groups attached to an aromatic ring is 1. The fraction of sp³-hybridized carbons (Fsp3) is 0.692. The van der Waals surface area contributed by atoms with Crippen LogP contribution in [0.2, 0.25) is 0 Å². The van der Waals surface area contributed by atoms with Crippen molar-refractivity contribution >= 4 is 11.7 Å².